The third kappa shape index (κ3) is 6.36. The Kier molecular flexibility index (Phi) is 7.42. The van der Waals surface area contributed by atoms with Gasteiger partial charge in [0.05, 0.1) is 5.75 Å². The fraction of sp³-hybridized carbons (Fsp3) is 0.588. The van der Waals surface area contributed by atoms with Crippen molar-refractivity contribution in [3.63, 3.8) is 0 Å². The number of sulfonamides is 1. The lowest BCUT2D eigenvalue weighted by Gasteiger charge is -2.30. The van der Waals surface area contributed by atoms with Crippen LogP contribution in [0.3, 0.4) is 0 Å². The van der Waals surface area contributed by atoms with Crippen LogP contribution in [-0.4, -0.2) is 63.8 Å². The smallest absolute Gasteiger partial charge is 0.223 e. The van der Waals surface area contributed by atoms with E-state index in [9.17, 15) is 13.2 Å². The van der Waals surface area contributed by atoms with E-state index in [1.165, 1.54) is 4.31 Å². The summed E-state index contributed by atoms with van der Waals surface area (Å²) in [5.74, 6) is -0.0620. The number of hydrogen-bond donors (Lipinski definition) is 1. The molecule has 1 heterocycles. The van der Waals surface area contributed by atoms with E-state index in [0.29, 0.717) is 32.5 Å². The fourth-order valence-electron chi connectivity index (χ4n) is 2.83. The maximum Gasteiger partial charge on any atom is 0.223 e. The molecular weight excluding hydrogens is 406 g/mol. The molecule has 1 aromatic carbocycles. The Morgan fingerprint density at radius 1 is 1.24 bits per heavy atom. The SMILES string of the molecule is CN(C)CCNC(=O)C1CCN(S(=O)(=O)Cc2ccc(Br)cc2)CC1. The van der Waals surface area contributed by atoms with E-state index in [-0.39, 0.29) is 17.6 Å². The third-order valence-corrected chi connectivity index (χ3v) is 6.72. The van der Waals surface area contributed by atoms with Gasteiger partial charge in [-0.25, -0.2) is 12.7 Å². The number of carbonyl (C=O) groups excluding carboxylic acids is 1. The molecule has 1 amide bonds. The van der Waals surface area contributed by atoms with Crippen LogP contribution in [0.25, 0.3) is 0 Å². The fourth-order valence-corrected chi connectivity index (χ4v) is 4.65. The number of hydrogen-bond acceptors (Lipinski definition) is 4. The minimum Gasteiger partial charge on any atom is -0.355 e. The molecule has 1 aliphatic rings. The van der Waals surface area contributed by atoms with E-state index in [4.69, 9.17) is 0 Å². The first kappa shape index (κ1) is 20.4. The summed E-state index contributed by atoms with van der Waals surface area (Å²) in [6, 6.07) is 7.31. The lowest BCUT2D eigenvalue weighted by Crippen LogP contribution is -2.44. The van der Waals surface area contributed by atoms with Crippen LogP contribution in [0, 0.1) is 5.92 Å². The Morgan fingerprint density at radius 2 is 1.84 bits per heavy atom. The molecule has 0 saturated carbocycles. The maximum atomic E-state index is 12.6. The highest BCUT2D eigenvalue weighted by atomic mass is 79.9. The summed E-state index contributed by atoms with van der Waals surface area (Å²) in [5.41, 5.74) is 0.770. The molecule has 2 rings (SSSR count). The van der Waals surface area contributed by atoms with Crippen molar-refractivity contribution in [1.82, 2.24) is 14.5 Å². The summed E-state index contributed by atoms with van der Waals surface area (Å²) < 4.78 is 27.6. The van der Waals surface area contributed by atoms with Crippen LogP contribution in [-0.2, 0) is 20.6 Å². The molecule has 0 spiro atoms. The second-order valence-electron chi connectivity index (χ2n) is 6.65. The van der Waals surface area contributed by atoms with Gasteiger partial charge in [-0.3, -0.25) is 4.79 Å². The molecule has 0 bridgehead atoms. The predicted octanol–water partition coefficient (Wildman–Crippen LogP) is 1.67. The van der Waals surface area contributed by atoms with E-state index >= 15 is 0 Å². The Morgan fingerprint density at radius 3 is 2.40 bits per heavy atom. The Balaban J connectivity index is 1.84. The molecule has 1 saturated heterocycles. The van der Waals surface area contributed by atoms with Crippen molar-refractivity contribution < 1.29 is 13.2 Å². The van der Waals surface area contributed by atoms with Crippen molar-refractivity contribution in [3.8, 4) is 0 Å². The van der Waals surface area contributed by atoms with Gasteiger partial charge in [0.2, 0.25) is 15.9 Å². The third-order valence-electron chi connectivity index (χ3n) is 4.34. The molecule has 0 unspecified atom stereocenters. The number of nitrogens with zero attached hydrogens (tertiary/aromatic N) is 2. The number of rotatable bonds is 7. The molecular formula is C17H26BrN3O3S. The minimum absolute atomic E-state index is 0.0000220. The van der Waals surface area contributed by atoms with Gasteiger partial charge in [-0.2, -0.15) is 0 Å². The van der Waals surface area contributed by atoms with Crippen LogP contribution in [0.5, 0.6) is 0 Å². The normalized spacial score (nSPS) is 17.0. The van der Waals surface area contributed by atoms with Gasteiger partial charge >= 0.3 is 0 Å². The van der Waals surface area contributed by atoms with Gasteiger partial charge in [-0.1, -0.05) is 28.1 Å². The highest BCUT2D eigenvalue weighted by molar-refractivity contribution is 9.10. The average molecular weight is 432 g/mol. The van der Waals surface area contributed by atoms with Gasteiger partial charge in [0.25, 0.3) is 0 Å². The largest absolute Gasteiger partial charge is 0.355 e. The van der Waals surface area contributed by atoms with Crippen LogP contribution < -0.4 is 5.32 Å². The minimum atomic E-state index is -3.35. The summed E-state index contributed by atoms with van der Waals surface area (Å²) in [6.07, 6.45) is 1.15. The second kappa shape index (κ2) is 9.12. The summed E-state index contributed by atoms with van der Waals surface area (Å²) in [7, 11) is 0.572. The van der Waals surface area contributed by atoms with E-state index in [2.05, 4.69) is 21.2 Å². The summed E-state index contributed by atoms with van der Waals surface area (Å²) in [6.45, 7) is 2.23. The first-order valence-electron chi connectivity index (χ1n) is 8.42. The van der Waals surface area contributed by atoms with Crippen molar-refractivity contribution in [2.24, 2.45) is 5.92 Å². The van der Waals surface area contributed by atoms with Gasteiger partial charge in [0, 0.05) is 36.6 Å². The number of amides is 1. The molecule has 1 aromatic rings. The van der Waals surface area contributed by atoms with E-state index in [1.807, 2.05) is 43.3 Å². The Labute approximate surface area is 158 Å². The van der Waals surface area contributed by atoms with Gasteiger partial charge in [0.15, 0.2) is 0 Å². The van der Waals surface area contributed by atoms with Crippen molar-refractivity contribution in [2.75, 3.05) is 40.3 Å². The number of carbonyl (C=O) groups is 1. The topological polar surface area (TPSA) is 69.7 Å². The molecule has 1 fully saturated rings. The summed E-state index contributed by atoms with van der Waals surface area (Å²) >= 11 is 3.35. The van der Waals surface area contributed by atoms with Gasteiger partial charge in [0.1, 0.15) is 0 Å². The average Bonchev–Trinajstić information content (AvgIpc) is 2.56. The number of benzene rings is 1. The zero-order valence-corrected chi connectivity index (χ0v) is 17.1. The lowest BCUT2D eigenvalue weighted by molar-refractivity contribution is -0.126. The van der Waals surface area contributed by atoms with Crippen molar-refractivity contribution in [2.45, 2.75) is 18.6 Å². The number of nitrogens with one attached hydrogen (secondary N) is 1. The standard InChI is InChI=1S/C17H26BrN3O3S/c1-20(2)12-9-19-17(22)15-7-10-21(11-8-15)25(23,24)13-14-3-5-16(18)6-4-14/h3-6,15H,7-13H2,1-2H3,(H,19,22). The molecule has 1 aliphatic heterocycles. The molecule has 0 atom stereocenters. The highest BCUT2D eigenvalue weighted by Crippen LogP contribution is 2.22. The zero-order chi connectivity index (χ0) is 18.4. The van der Waals surface area contributed by atoms with Crippen molar-refractivity contribution in [3.05, 3.63) is 34.3 Å². The Hall–Kier alpha value is -0.960. The molecule has 0 radical (unpaired) electrons. The first-order valence-corrected chi connectivity index (χ1v) is 10.8. The second-order valence-corrected chi connectivity index (χ2v) is 9.53. The maximum absolute atomic E-state index is 12.6. The number of piperidine rings is 1. The van der Waals surface area contributed by atoms with Gasteiger partial charge in [-0.05, 0) is 44.6 Å². The Bertz CT molecular complexity index is 669. The molecule has 0 aromatic heterocycles. The van der Waals surface area contributed by atoms with Crippen LogP contribution in [0.1, 0.15) is 18.4 Å². The molecule has 6 nitrogen and oxygen atoms in total. The number of likely N-dealkylation sites (N-methyl/N-ethyl adjacent to an activating group) is 1. The zero-order valence-electron chi connectivity index (χ0n) is 14.7. The van der Waals surface area contributed by atoms with Gasteiger partial charge < -0.3 is 10.2 Å². The van der Waals surface area contributed by atoms with Gasteiger partial charge in [-0.15, -0.1) is 0 Å². The molecule has 25 heavy (non-hydrogen) atoms. The monoisotopic (exact) mass is 431 g/mol. The van der Waals surface area contributed by atoms with E-state index in [1.54, 1.807) is 0 Å². The first-order chi connectivity index (χ1) is 11.8. The van der Waals surface area contributed by atoms with E-state index < -0.39 is 10.0 Å². The van der Waals surface area contributed by atoms with Crippen LogP contribution >= 0.6 is 15.9 Å². The molecule has 140 valence electrons. The molecule has 0 aliphatic carbocycles. The summed E-state index contributed by atoms with van der Waals surface area (Å²) in [5, 5.41) is 2.93. The van der Waals surface area contributed by atoms with Crippen LogP contribution in [0.2, 0.25) is 0 Å². The quantitative estimate of drug-likeness (QED) is 0.712. The molecule has 8 heteroatoms. The van der Waals surface area contributed by atoms with Crippen LogP contribution in [0.15, 0.2) is 28.7 Å². The van der Waals surface area contributed by atoms with Crippen molar-refractivity contribution in [1.29, 1.82) is 0 Å². The lowest BCUT2D eigenvalue weighted by atomic mass is 9.97. The van der Waals surface area contributed by atoms with Crippen molar-refractivity contribution >= 4 is 31.9 Å². The predicted molar refractivity (Wildman–Crippen MR) is 103 cm³/mol. The molecule has 1 N–H and O–H groups in total. The van der Waals surface area contributed by atoms with Crippen LogP contribution in [0.4, 0.5) is 0 Å². The van der Waals surface area contributed by atoms with E-state index in [0.717, 1.165) is 16.6 Å². The summed E-state index contributed by atoms with van der Waals surface area (Å²) in [4.78, 5) is 14.2. The number of halogens is 1. The highest BCUT2D eigenvalue weighted by Gasteiger charge is 2.31.